The normalized spacial score (nSPS) is 16.8. The maximum Gasteiger partial charge on any atom is 0.359 e. The second kappa shape index (κ2) is 10.0. The Kier molecular flexibility index (Phi) is 8.27. The molecule has 32 heavy (non-hydrogen) atoms. The minimum Gasteiger partial charge on any atom is -0.394 e. The van der Waals surface area contributed by atoms with Crippen molar-refractivity contribution in [3.63, 3.8) is 0 Å². The summed E-state index contributed by atoms with van der Waals surface area (Å²) in [5, 5.41) is 28.5. The van der Waals surface area contributed by atoms with E-state index in [0.29, 0.717) is 0 Å². The van der Waals surface area contributed by atoms with Crippen molar-refractivity contribution in [3.05, 3.63) is 22.6 Å². The van der Waals surface area contributed by atoms with Crippen LogP contribution in [0.3, 0.4) is 0 Å². The molecule has 0 radical (unpaired) electrons. The molecule has 3 atom stereocenters. The van der Waals surface area contributed by atoms with Crippen LogP contribution in [-0.2, 0) is 13.8 Å². The van der Waals surface area contributed by atoms with Gasteiger partial charge in [0.05, 0.1) is 24.2 Å². The highest BCUT2D eigenvalue weighted by atomic mass is 31.2. The first-order chi connectivity index (χ1) is 14.8. The molecule has 0 aliphatic rings. The Bertz CT molecular complexity index is 1020. The summed E-state index contributed by atoms with van der Waals surface area (Å²) in [5.41, 5.74) is 4.16. The SMILES string of the molecule is CCC(O)(CC)P(=O)(O)OC(C)(C)CCO[C@@H]([C@H](O)CO)n1ccc2c(=O)[nH]c(N)nc21. The fraction of sp³-hybridized carbons (Fsp3) is 0.684. The summed E-state index contributed by atoms with van der Waals surface area (Å²) in [6, 6.07) is 1.48. The lowest BCUT2D eigenvalue weighted by molar-refractivity contribution is -0.105. The molecule has 182 valence electrons. The van der Waals surface area contributed by atoms with Gasteiger partial charge in [-0.2, -0.15) is 4.98 Å². The van der Waals surface area contributed by atoms with Gasteiger partial charge in [0, 0.05) is 6.20 Å². The molecule has 0 bridgehead atoms. The number of fused-ring (bicyclic) bond motifs is 1. The summed E-state index contributed by atoms with van der Waals surface area (Å²) in [4.78, 5) is 28.8. The Morgan fingerprint density at radius 2 is 1.97 bits per heavy atom. The van der Waals surface area contributed by atoms with Gasteiger partial charge >= 0.3 is 7.60 Å². The van der Waals surface area contributed by atoms with E-state index in [2.05, 4.69) is 9.97 Å². The highest BCUT2D eigenvalue weighted by Gasteiger charge is 2.47. The first-order valence-electron chi connectivity index (χ1n) is 10.3. The van der Waals surface area contributed by atoms with Crippen LogP contribution in [-0.4, -0.2) is 65.0 Å². The number of nitrogens with zero attached hydrogens (tertiary/aromatic N) is 2. The van der Waals surface area contributed by atoms with E-state index in [1.54, 1.807) is 27.7 Å². The molecular formula is C19H33N4O8P. The Morgan fingerprint density at radius 1 is 1.34 bits per heavy atom. The van der Waals surface area contributed by atoms with Crippen molar-refractivity contribution in [3.8, 4) is 0 Å². The van der Waals surface area contributed by atoms with Crippen LogP contribution in [0.2, 0.25) is 0 Å². The number of hydrogen-bond acceptors (Lipinski definition) is 9. The van der Waals surface area contributed by atoms with E-state index >= 15 is 0 Å². The molecule has 13 heteroatoms. The monoisotopic (exact) mass is 476 g/mol. The number of nitrogen functional groups attached to an aromatic ring is 1. The van der Waals surface area contributed by atoms with Crippen LogP contribution in [0.4, 0.5) is 5.95 Å². The number of nitrogens with two attached hydrogens (primary N) is 1. The molecule has 2 aromatic rings. The third kappa shape index (κ3) is 5.57. The van der Waals surface area contributed by atoms with Gasteiger partial charge < -0.3 is 39.8 Å². The van der Waals surface area contributed by atoms with Gasteiger partial charge in [0.15, 0.2) is 17.2 Å². The maximum absolute atomic E-state index is 12.7. The first kappa shape index (κ1) is 26.5. The van der Waals surface area contributed by atoms with Crippen molar-refractivity contribution in [1.82, 2.24) is 14.5 Å². The second-order valence-electron chi connectivity index (χ2n) is 8.23. The fourth-order valence-corrected chi connectivity index (χ4v) is 5.00. The number of anilines is 1. The van der Waals surface area contributed by atoms with E-state index in [1.165, 1.54) is 16.8 Å². The van der Waals surface area contributed by atoms with E-state index in [0.717, 1.165) is 0 Å². The van der Waals surface area contributed by atoms with Crippen molar-refractivity contribution in [1.29, 1.82) is 0 Å². The molecule has 0 saturated heterocycles. The average Bonchev–Trinajstić information content (AvgIpc) is 3.12. The van der Waals surface area contributed by atoms with Gasteiger partial charge in [-0.25, -0.2) is 0 Å². The molecule has 0 amide bonds. The molecule has 0 aromatic carbocycles. The number of aliphatic hydroxyl groups is 3. The van der Waals surface area contributed by atoms with Crippen LogP contribution in [0, 0.1) is 0 Å². The molecule has 2 rings (SSSR count). The van der Waals surface area contributed by atoms with Crippen LogP contribution in [0.15, 0.2) is 17.1 Å². The summed E-state index contributed by atoms with van der Waals surface area (Å²) >= 11 is 0. The summed E-state index contributed by atoms with van der Waals surface area (Å²) in [6.45, 7) is 5.67. The van der Waals surface area contributed by atoms with Crippen LogP contribution in [0.1, 0.15) is 53.2 Å². The lowest BCUT2D eigenvalue weighted by atomic mass is 10.1. The lowest BCUT2D eigenvalue weighted by Gasteiger charge is -2.36. The van der Waals surface area contributed by atoms with Crippen molar-refractivity contribution in [2.75, 3.05) is 18.9 Å². The predicted molar refractivity (Wildman–Crippen MR) is 118 cm³/mol. The van der Waals surface area contributed by atoms with Crippen LogP contribution < -0.4 is 11.3 Å². The molecule has 0 spiro atoms. The van der Waals surface area contributed by atoms with E-state index < -0.39 is 43.0 Å². The van der Waals surface area contributed by atoms with Crippen LogP contribution in [0.5, 0.6) is 0 Å². The highest BCUT2D eigenvalue weighted by Crippen LogP contribution is 2.59. The highest BCUT2D eigenvalue weighted by molar-refractivity contribution is 7.54. The largest absolute Gasteiger partial charge is 0.394 e. The molecule has 2 aromatic heterocycles. The predicted octanol–water partition coefficient (Wildman–Crippen LogP) is 1.05. The summed E-state index contributed by atoms with van der Waals surface area (Å²) in [5.74, 6) is -0.118. The Labute approximate surface area is 185 Å². The number of rotatable bonds is 12. The lowest BCUT2D eigenvalue weighted by Crippen LogP contribution is -2.35. The van der Waals surface area contributed by atoms with Gasteiger partial charge in [0.25, 0.3) is 5.56 Å². The molecule has 2 heterocycles. The van der Waals surface area contributed by atoms with Crippen molar-refractivity contribution >= 4 is 24.6 Å². The Morgan fingerprint density at radius 3 is 2.53 bits per heavy atom. The molecule has 0 aliphatic heterocycles. The Hall–Kier alpha value is -1.79. The van der Waals surface area contributed by atoms with E-state index in [4.69, 9.17) is 15.0 Å². The summed E-state index contributed by atoms with van der Waals surface area (Å²) < 4.78 is 25.2. The second-order valence-corrected chi connectivity index (χ2v) is 10.3. The van der Waals surface area contributed by atoms with Gasteiger partial charge in [-0.05, 0) is 39.2 Å². The zero-order valence-electron chi connectivity index (χ0n) is 18.7. The first-order valence-corrected chi connectivity index (χ1v) is 11.9. The number of aromatic nitrogens is 3. The average molecular weight is 476 g/mol. The number of nitrogens with one attached hydrogen (secondary N) is 1. The van der Waals surface area contributed by atoms with Gasteiger partial charge in [-0.3, -0.25) is 14.3 Å². The number of H-pyrrole nitrogens is 1. The number of ether oxygens (including phenoxy) is 1. The number of aliphatic hydroxyl groups excluding tert-OH is 2. The van der Waals surface area contributed by atoms with Crippen molar-refractivity contribution < 1.29 is 34.0 Å². The molecule has 0 aliphatic carbocycles. The van der Waals surface area contributed by atoms with Gasteiger partial charge in [0.1, 0.15) is 6.10 Å². The van der Waals surface area contributed by atoms with E-state index in [1.807, 2.05) is 0 Å². The third-order valence-corrected chi connectivity index (χ3v) is 7.84. The standard InChI is InChI=1S/C19H33N4O8P/c1-5-19(27,6-2)32(28,29)31-18(3,4)8-10-30-16(13(25)11-24)23-9-7-12-14(23)21-17(20)22-15(12)26/h7,9,13,16,24-25,27H,5-6,8,10-11H2,1-4H3,(H,28,29)(H3,20,21,22,26)/t13-,16+/m1/s1. The fourth-order valence-electron chi connectivity index (χ4n) is 3.27. The van der Waals surface area contributed by atoms with Crippen LogP contribution >= 0.6 is 7.60 Å². The third-order valence-electron chi connectivity index (χ3n) is 5.41. The maximum atomic E-state index is 12.7. The number of aromatic amines is 1. The zero-order valence-corrected chi connectivity index (χ0v) is 19.6. The van der Waals surface area contributed by atoms with Gasteiger partial charge in [-0.15, -0.1) is 0 Å². The summed E-state index contributed by atoms with van der Waals surface area (Å²) in [6.07, 6.45) is -0.792. The quantitative estimate of drug-likeness (QED) is 0.241. The van der Waals surface area contributed by atoms with Crippen molar-refractivity contribution in [2.24, 2.45) is 0 Å². The van der Waals surface area contributed by atoms with Gasteiger partial charge in [0.2, 0.25) is 5.95 Å². The Balaban J connectivity index is 2.19. The molecule has 7 N–H and O–H groups in total. The molecule has 0 saturated carbocycles. The zero-order chi connectivity index (χ0) is 24.3. The van der Waals surface area contributed by atoms with Gasteiger partial charge in [-0.1, -0.05) is 13.8 Å². The smallest absolute Gasteiger partial charge is 0.359 e. The minimum absolute atomic E-state index is 0.0462. The van der Waals surface area contributed by atoms with Crippen LogP contribution in [0.25, 0.3) is 11.0 Å². The molecular weight excluding hydrogens is 443 g/mol. The minimum atomic E-state index is -4.37. The van der Waals surface area contributed by atoms with E-state index in [9.17, 15) is 29.6 Å². The number of hydrogen-bond donors (Lipinski definition) is 6. The molecule has 12 nitrogen and oxygen atoms in total. The van der Waals surface area contributed by atoms with Crippen molar-refractivity contribution in [2.45, 2.75) is 70.2 Å². The molecule has 0 fully saturated rings. The van der Waals surface area contributed by atoms with E-state index in [-0.39, 0.29) is 42.9 Å². The molecule has 1 unspecified atom stereocenters. The summed E-state index contributed by atoms with van der Waals surface area (Å²) in [7, 11) is -4.37. The topological polar surface area (TPSA) is 193 Å².